The van der Waals surface area contributed by atoms with Gasteiger partial charge in [-0.1, -0.05) is 66.7 Å². The number of nitrogens with zero attached hydrogens (tertiary/aromatic N) is 1. The predicted octanol–water partition coefficient (Wildman–Crippen LogP) is 5.26. The molecule has 23 heavy (non-hydrogen) atoms. The summed E-state index contributed by atoms with van der Waals surface area (Å²) in [6, 6.07) is 31.3. The van der Waals surface area contributed by atoms with Gasteiger partial charge in [-0.05, 0) is 43.7 Å². The summed E-state index contributed by atoms with van der Waals surface area (Å²) in [6.45, 7) is 4.39. The lowest BCUT2D eigenvalue weighted by molar-refractivity contribution is 0.408. The number of benzene rings is 3. The minimum atomic E-state index is -0.201. The van der Waals surface area contributed by atoms with E-state index in [1.54, 1.807) is 0 Å². The van der Waals surface area contributed by atoms with Crippen LogP contribution in [0.2, 0.25) is 0 Å². The number of para-hydroxylation sites is 2. The van der Waals surface area contributed by atoms with Crippen LogP contribution >= 0.6 is 0 Å². The molecular formula is C21H22N2. The van der Waals surface area contributed by atoms with Crippen LogP contribution in [0.1, 0.15) is 19.4 Å². The van der Waals surface area contributed by atoms with Gasteiger partial charge in [0, 0.05) is 0 Å². The minimum Gasteiger partial charge on any atom is -0.276 e. The van der Waals surface area contributed by atoms with E-state index >= 15 is 0 Å². The zero-order valence-electron chi connectivity index (χ0n) is 13.6. The van der Waals surface area contributed by atoms with E-state index < -0.39 is 0 Å². The molecule has 0 bridgehead atoms. The van der Waals surface area contributed by atoms with Crippen LogP contribution in [0.3, 0.4) is 0 Å². The van der Waals surface area contributed by atoms with Crippen molar-refractivity contribution in [1.29, 1.82) is 0 Å². The molecule has 0 atom stereocenters. The number of rotatable bonds is 5. The Balaban J connectivity index is 1.97. The van der Waals surface area contributed by atoms with Crippen molar-refractivity contribution in [2.75, 3.05) is 5.01 Å². The number of anilines is 2. The van der Waals surface area contributed by atoms with Crippen LogP contribution in [-0.4, -0.2) is 0 Å². The van der Waals surface area contributed by atoms with Gasteiger partial charge in [0.2, 0.25) is 0 Å². The Morgan fingerprint density at radius 3 is 1.43 bits per heavy atom. The lowest BCUT2D eigenvalue weighted by atomic mass is 9.95. The summed E-state index contributed by atoms with van der Waals surface area (Å²) in [6.07, 6.45) is 0. The summed E-state index contributed by atoms with van der Waals surface area (Å²) in [4.78, 5) is 0. The van der Waals surface area contributed by atoms with Gasteiger partial charge in [0.05, 0.1) is 16.9 Å². The fraction of sp³-hybridized carbons (Fsp3) is 0.143. The van der Waals surface area contributed by atoms with Crippen LogP contribution in [0.25, 0.3) is 0 Å². The monoisotopic (exact) mass is 302 g/mol. The smallest absolute Gasteiger partial charge is 0.0578 e. The normalized spacial score (nSPS) is 11.2. The second kappa shape index (κ2) is 6.67. The summed E-state index contributed by atoms with van der Waals surface area (Å²) in [5.41, 5.74) is 6.95. The van der Waals surface area contributed by atoms with Crippen molar-refractivity contribution < 1.29 is 0 Å². The van der Waals surface area contributed by atoms with E-state index in [0.29, 0.717) is 0 Å². The third kappa shape index (κ3) is 3.61. The fourth-order valence-electron chi connectivity index (χ4n) is 2.63. The molecule has 3 rings (SSSR count). The molecule has 0 saturated heterocycles. The van der Waals surface area contributed by atoms with Gasteiger partial charge in [-0.2, -0.15) is 0 Å². The molecule has 0 aromatic heterocycles. The Labute approximate surface area is 138 Å². The van der Waals surface area contributed by atoms with Gasteiger partial charge in [0.25, 0.3) is 0 Å². The summed E-state index contributed by atoms with van der Waals surface area (Å²) in [5.74, 6) is 0. The third-order valence-corrected chi connectivity index (χ3v) is 3.92. The van der Waals surface area contributed by atoms with Crippen molar-refractivity contribution in [1.82, 2.24) is 5.43 Å². The lowest BCUT2D eigenvalue weighted by Crippen LogP contribution is -2.46. The summed E-state index contributed by atoms with van der Waals surface area (Å²) in [7, 11) is 0. The van der Waals surface area contributed by atoms with E-state index in [1.807, 2.05) is 18.2 Å². The van der Waals surface area contributed by atoms with E-state index in [-0.39, 0.29) is 5.54 Å². The van der Waals surface area contributed by atoms with Crippen molar-refractivity contribution in [3.8, 4) is 0 Å². The highest BCUT2D eigenvalue weighted by Crippen LogP contribution is 2.28. The Morgan fingerprint density at radius 1 is 0.609 bits per heavy atom. The summed E-state index contributed by atoms with van der Waals surface area (Å²) in [5, 5.41) is 2.15. The second-order valence-electron chi connectivity index (χ2n) is 6.11. The van der Waals surface area contributed by atoms with Gasteiger partial charge >= 0.3 is 0 Å². The van der Waals surface area contributed by atoms with Crippen LogP contribution in [-0.2, 0) is 5.54 Å². The maximum Gasteiger partial charge on any atom is 0.0578 e. The van der Waals surface area contributed by atoms with Gasteiger partial charge in [-0.3, -0.25) is 5.01 Å². The van der Waals surface area contributed by atoms with Gasteiger partial charge in [0.15, 0.2) is 0 Å². The highest BCUT2D eigenvalue weighted by Gasteiger charge is 2.24. The Morgan fingerprint density at radius 2 is 1.00 bits per heavy atom. The predicted molar refractivity (Wildman–Crippen MR) is 97.6 cm³/mol. The molecule has 3 aromatic carbocycles. The molecular weight excluding hydrogens is 280 g/mol. The quantitative estimate of drug-likeness (QED) is 0.646. The van der Waals surface area contributed by atoms with Crippen LogP contribution < -0.4 is 10.4 Å². The lowest BCUT2D eigenvalue weighted by Gasteiger charge is -2.36. The highest BCUT2D eigenvalue weighted by molar-refractivity contribution is 5.62. The first kappa shape index (κ1) is 15.3. The van der Waals surface area contributed by atoms with Gasteiger partial charge < -0.3 is 0 Å². The molecule has 0 spiro atoms. The summed E-state index contributed by atoms with van der Waals surface area (Å²) >= 11 is 0. The van der Waals surface area contributed by atoms with Crippen LogP contribution in [0.15, 0.2) is 91.0 Å². The van der Waals surface area contributed by atoms with Crippen molar-refractivity contribution >= 4 is 11.4 Å². The van der Waals surface area contributed by atoms with E-state index in [9.17, 15) is 0 Å². The molecule has 2 nitrogen and oxygen atoms in total. The van der Waals surface area contributed by atoms with Gasteiger partial charge in [0.1, 0.15) is 0 Å². The average molecular weight is 302 g/mol. The van der Waals surface area contributed by atoms with Gasteiger partial charge in [-0.15, -0.1) is 0 Å². The van der Waals surface area contributed by atoms with Crippen LogP contribution in [0, 0.1) is 0 Å². The largest absolute Gasteiger partial charge is 0.276 e. The maximum absolute atomic E-state index is 3.68. The SMILES string of the molecule is CC(C)(NN(c1ccccc1)c1ccccc1)c1ccccc1. The zero-order chi connectivity index (χ0) is 16.1. The Bertz CT molecular complexity index is 682. The second-order valence-corrected chi connectivity index (χ2v) is 6.11. The first-order chi connectivity index (χ1) is 11.2. The van der Waals surface area contributed by atoms with E-state index in [2.05, 4.69) is 97.1 Å². The number of hydrogen-bond acceptors (Lipinski definition) is 2. The van der Waals surface area contributed by atoms with E-state index in [1.165, 1.54) is 5.56 Å². The topological polar surface area (TPSA) is 15.3 Å². The molecule has 1 N–H and O–H groups in total. The first-order valence-electron chi connectivity index (χ1n) is 7.90. The molecule has 0 fully saturated rings. The molecule has 0 aliphatic carbocycles. The van der Waals surface area contributed by atoms with E-state index in [0.717, 1.165) is 11.4 Å². The molecule has 0 heterocycles. The highest BCUT2D eigenvalue weighted by atomic mass is 15.5. The fourth-order valence-corrected chi connectivity index (χ4v) is 2.63. The molecule has 3 aromatic rings. The molecule has 2 heteroatoms. The Hall–Kier alpha value is -2.58. The number of hydrazine groups is 1. The van der Waals surface area contributed by atoms with Crippen molar-refractivity contribution in [3.63, 3.8) is 0 Å². The first-order valence-corrected chi connectivity index (χ1v) is 7.90. The molecule has 0 aliphatic heterocycles. The zero-order valence-corrected chi connectivity index (χ0v) is 13.6. The standard InChI is InChI=1S/C21H22N2/c1-21(2,18-12-6-3-7-13-18)22-23(19-14-8-4-9-15-19)20-16-10-5-11-17-20/h3-17,22H,1-2H3. The minimum absolute atomic E-state index is 0.201. The van der Waals surface area contributed by atoms with E-state index in [4.69, 9.17) is 0 Å². The van der Waals surface area contributed by atoms with Crippen LogP contribution in [0.5, 0.6) is 0 Å². The van der Waals surface area contributed by atoms with Crippen molar-refractivity contribution in [2.24, 2.45) is 0 Å². The van der Waals surface area contributed by atoms with Gasteiger partial charge in [-0.25, -0.2) is 5.43 Å². The molecule has 0 unspecified atom stereocenters. The Kier molecular flexibility index (Phi) is 4.45. The number of hydrogen-bond donors (Lipinski definition) is 1. The molecule has 0 amide bonds. The molecule has 116 valence electrons. The molecule has 0 radical (unpaired) electrons. The average Bonchev–Trinajstić information content (AvgIpc) is 2.62. The molecule has 0 aliphatic rings. The third-order valence-electron chi connectivity index (χ3n) is 3.92. The number of nitrogens with one attached hydrogen (secondary N) is 1. The molecule has 0 saturated carbocycles. The van der Waals surface area contributed by atoms with Crippen LogP contribution in [0.4, 0.5) is 11.4 Å². The van der Waals surface area contributed by atoms with Crippen molar-refractivity contribution in [2.45, 2.75) is 19.4 Å². The summed E-state index contributed by atoms with van der Waals surface area (Å²) < 4.78 is 0. The maximum atomic E-state index is 3.68. The van der Waals surface area contributed by atoms with Crippen molar-refractivity contribution in [3.05, 3.63) is 96.6 Å².